The Morgan fingerprint density at radius 1 is 1.06 bits per heavy atom. The fourth-order valence-corrected chi connectivity index (χ4v) is 1.43. The summed E-state index contributed by atoms with van der Waals surface area (Å²) in [5, 5.41) is 9.14. The van der Waals surface area contributed by atoms with Gasteiger partial charge in [-0.25, -0.2) is 0 Å². The van der Waals surface area contributed by atoms with Crippen molar-refractivity contribution in [3.8, 4) is 17.2 Å². The Morgan fingerprint density at radius 3 is 2.38 bits per heavy atom. The van der Waals surface area contributed by atoms with Crippen LogP contribution >= 0.6 is 0 Å². The molecule has 16 heavy (non-hydrogen) atoms. The van der Waals surface area contributed by atoms with Crippen LogP contribution in [0.5, 0.6) is 17.2 Å². The van der Waals surface area contributed by atoms with Crippen LogP contribution in [0.1, 0.15) is 5.56 Å². The van der Waals surface area contributed by atoms with Crippen LogP contribution in [0.15, 0.2) is 42.5 Å². The molecule has 3 nitrogen and oxygen atoms in total. The van der Waals surface area contributed by atoms with Crippen LogP contribution in [0, 0.1) is 6.92 Å². The molecule has 0 aliphatic carbocycles. The first-order chi connectivity index (χ1) is 7.65. The topological polar surface area (TPSA) is 55.5 Å². The van der Waals surface area contributed by atoms with Gasteiger partial charge in [0.15, 0.2) is 0 Å². The lowest BCUT2D eigenvalue weighted by Gasteiger charge is -2.09. The van der Waals surface area contributed by atoms with E-state index in [1.54, 1.807) is 30.3 Å². The second-order valence-electron chi connectivity index (χ2n) is 3.62. The number of anilines is 1. The molecule has 3 N–H and O–H groups in total. The highest BCUT2D eigenvalue weighted by Gasteiger charge is 2.01. The van der Waals surface area contributed by atoms with Crippen LogP contribution in [0.4, 0.5) is 5.69 Å². The van der Waals surface area contributed by atoms with Crippen molar-refractivity contribution >= 4 is 5.69 Å². The molecule has 0 unspecified atom stereocenters. The van der Waals surface area contributed by atoms with Gasteiger partial charge < -0.3 is 15.6 Å². The molecule has 0 aliphatic heterocycles. The van der Waals surface area contributed by atoms with Gasteiger partial charge in [-0.2, -0.15) is 0 Å². The fraction of sp³-hybridized carbons (Fsp3) is 0.0769. The second kappa shape index (κ2) is 4.14. The minimum Gasteiger partial charge on any atom is -0.508 e. The molecule has 82 valence electrons. The molecule has 0 saturated heterocycles. The van der Waals surface area contributed by atoms with E-state index in [1.807, 2.05) is 19.1 Å². The normalized spacial score (nSPS) is 10.1. The number of phenolic OH excluding ortho intramolecular Hbond substituents is 1. The van der Waals surface area contributed by atoms with Gasteiger partial charge in [-0.3, -0.25) is 0 Å². The summed E-state index contributed by atoms with van der Waals surface area (Å²) < 4.78 is 5.65. The lowest BCUT2D eigenvalue weighted by atomic mass is 10.2. The first-order valence-corrected chi connectivity index (χ1v) is 4.98. The summed E-state index contributed by atoms with van der Waals surface area (Å²) in [7, 11) is 0. The van der Waals surface area contributed by atoms with E-state index < -0.39 is 0 Å². The predicted octanol–water partition coefficient (Wildman–Crippen LogP) is 3.08. The van der Waals surface area contributed by atoms with Gasteiger partial charge in [-0.1, -0.05) is 0 Å². The molecule has 0 atom stereocenters. The first-order valence-electron chi connectivity index (χ1n) is 4.98. The van der Waals surface area contributed by atoms with Gasteiger partial charge in [0.05, 0.1) is 0 Å². The van der Waals surface area contributed by atoms with E-state index >= 15 is 0 Å². The number of rotatable bonds is 2. The van der Waals surface area contributed by atoms with Crippen molar-refractivity contribution in [3.63, 3.8) is 0 Å². The third-order valence-corrected chi connectivity index (χ3v) is 2.26. The number of aromatic hydroxyl groups is 1. The lowest BCUT2D eigenvalue weighted by molar-refractivity contribution is 0.463. The highest BCUT2D eigenvalue weighted by Crippen LogP contribution is 2.27. The molecule has 2 rings (SSSR count). The molecule has 0 amide bonds. The maximum atomic E-state index is 9.14. The third kappa shape index (κ3) is 2.25. The van der Waals surface area contributed by atoms with Crippen LogP contribution in [-0.2, 0) is 0 Å². The molecule has 0 heterocycles. The number of aryl methyl sites for hydroxylation is 1. The maximum Gasteiger partial charge on any atom is 0.130 e. The molecule has 0 spiro atoms. The van der Waals surface area contributed by atoms with Gasteiger partial charge in [0.1, 0.15) is 17.2 Å². The van der Waals surface area contributed by atoms with Gasteiger partial charge in [0, 0.05) is 5.69 Å². The first kappa shape index (κ1) is 10.4. The van der Waals surface area contributed by atoms with Gasteiger partial charge in [0.2, 0.25) is 0 Å². The zero-order chi connectivity index (χ0) is 11.5. The van der Waals surface area contributed by atoms with Crippen molar-refractivity contribution in [2.75, 3.05) is 5.73 Å². The second-order valence-corrected chi connectivity index (χ2v) is 3.62. The Balaban J connectivity index is 2.23. The highest BCUT2D eigenvalue weighted by molar-refractivity contribution is 5.48. The number of phenols is 1. The standard InChI is InChI=1S/C13H13NO2/c1-9-8-10(14)2-7-13(9)16-12-5-3-11(15)4-6-12/h2-8,15H,14H2,1H3. The summed E-state index contributed by atoms with van der Waals surface area (Å²) in [6.45, 7) is 1.94. The highest BCUT2D eigenvalue weighted by atomic mass is 16.5. The van der Waals surface area contributed by atoms with E-state index in [4.69, 9.17) is 15.6 Å². The van der Waals surface area contributed by atoms with E-state index in [0.29, 0.717) is 5.75 Å². The molecular formula is C13H13NO2. The van der Waals surface area contributed by atoms with Crippen molar-refractivity contribution in [2.45, 2.75) is 6.92 Å². The zero-order valence-corrected chi connectivity index (χ0v) is 8.97. The molecule has 0 radical (unpaired) electrons. The predicted molar refractivity (Wildman–Crippen MR) is 63.8 cm³/mol. The van der Waals surface area contributed by atoms with Crippen molar-refractivity contribution in [1.29, 1.82) is 0 Å². The SMILES string of the molecule is Cc1cc(N)ccc1Oc1ccc(O)cc1. The average molecular weight is 215 g/mol. The van der Waals surface area contributed by atoms with E-state index in [-0.39, 0.29) is 5.75 Å². The number of benzene rings is 2. The van der Waals surface area contributed by atoms with Crippen LogP contribution in [0.25, 0.3) is 0 Å². The lowest BCUT2D eigenvalue weighted by Crippen LogP contribution is -1.90. The molecule has 0 aliphatic rings. The third-order valence-electron chi connectivity index (χ3n) is 2.26. The fourth-order valence-electron chi connectivity index (χ4n) is 1.43. The Morgan fingerprint density at radius 2 is 1.75 bits per heavy atom. The number of nitrogens with two attached hydrogens (primary N) is 1. The number of hydrogen-bond acceptors (Lipinski definition) is 3. The molecule has 2 aromatic carbocycles. The molecular weight excluding hydrogens is 202 g/mol. The number of nitrogen functional groups attached to an aromatic ring is 1. The Bertz CT molecular complexity index is 492. The van der Waals surface area contributed by atoms with Gasteiger partial charge in [0.25, 0.3) is 0 Å². The molecule has 0 bridgehead atoms. The zero-order valence-electron chi connectivity index (χ0n) is 8.97. The van der Waals surface area contributed by atoms with Crippen molar-refractivity contribution in [1.82, 2.24) is 0 Å². The summed E-state index contributed by atoms with van der Waals surface area (Å²) in [6, 6.07) is 12.1. The van der Waals surface area contributed by atoms with Gasteiger partial charge in [-0.05, 0) is 55.0 Å². The van der Waals surface area contributed by atoms with Crippen LogP contribution in [-0.4, -0.2) is 5.11 Å². The quantitative estimate of drug-likeness (QED) is 0.757. The smallest absolute Gasteiger partial charge is 0.130 e. The van der Waals surface area contributed by atoms with E-state index in [9.17, 15) is 0 Å². The summed E-state index contributed by atoms with van der Waals surface area (Å²) in [6.07, 6.45) is 0. The largest absolute Gasteiger partial charge is 0.508 e. The van der Waals surface area contributed by atoms with E-state index in [0.717, 1.165) is 17.0 Å². The Kier molecular flexibility index (Phi) is 2.68. The average Bonchev–Trinajstić information content (AvgIpc) is 2.25. The summed E-state index contributed by atoms with van der Waals surface area (Å²) >= 11 is 0. The van der Waals surface area contributed by atoms with Crippen LogP contribution in [0.3, 0.4) is 0 Å². The van der Waals surface area contributed by atoms with Crippen LogP contribution < -0.4 is 10.5 Å². The number of ether oxygens (including phenoxy) is 1. The summed E-state index contributed by atoms with van der Waals surface area (Å²) in [5.41, 5.74) is 7.35. The van der Waals surface area contributed by atoms with Crippen LogP contribution in [0.2, 0.25) is 0 Å². The monoisotopic (exact) mass is 215 g/mol. The Hall–Kier alpha value is -2.16. The summed E-state index contributed by atoms with van der Waals surface area (Å²) in [4.78, 5) is 0. The minimum atomic E-state index is 0.223. The Labute approximate surface area is 94.1 Å². The summed E-state index contributed by atoms with van der Waals surface area (Å²) in [5.74, 6) is 1.67. The van der Waals surface area contributed by atoms with Crippen molar-refractivity contribution in [2.24, 2.45) is 0 Å². The van der Waals surface area contributed by atoms with Crippen molar-refractivity contribution < 1.29 is 9.84 Å². The molecule has 0 saturated carbocycles. The minimum absolute atomic E-state index is 0.223. The maximum absolute atomic E-state index is 9.14. The molecule has 2 aromatic rings. The number of hydrogen-bond donors (Lipinski definition) is 2. The van der Waals surface area contributed by atoms with E-state index in [2.05, 4.69) is 0 Å². The van der Waals surface area contributed by atoms with Gasteiger partial charge in [-0.15, -0.1) is 0 Å². The molecule has 0 fully saturated rings. The molecule has 3 heteroatoms. The van der Waals surface area contributed by atoms with Gasteiger partial charge >= 0.3 is 0 Å². The molecule has 0 aromatic heterocycles. The van der Waals surface area contributed by atoms with E-state index in [1.165, 1.54) is 0 Å². The van der Waals surface area contributed by atoms with Crippen molar-refractivity contribution in [3.05, 3.63) is 48.0 Å².